The Morgan fingerprint density at radius 1 is 1.35 bits per heavy atom. The van der Waals surface area contributed by atoms with Gasteiger partial charge in [0.1, 0.15) is 5.75 Å². The normalized spacial score (nSPS) is 20.6. The van der Waals surface area contributed by atoms with Crippen LogP contribution in [0.5, 0.6) is 5.75 Å². The molecule has 0 amide bonds. The van der Waals surface area contributed by atoms with Gasteiger partial charge in [-0.2, -0.15) is 0 Å². The third kappa shape index (κ3) is 3.98. The fraction of sp³-hybridized carbons (Fsp3) is 0.647. The van der Waals surface area contributed by atoms with Gasteiger partial charge in [0.2, 0.25) is 0 Å². The molecule has 1 saturated carbocycles. The van der Waals surface area contributed by atoms with E-state index in [0.717, 1.165) is 16.6 Å². The molecule has 1 aromatic carbocycles. The number of rotatable bonds is 4. The number of methoxy groups -OCH3 is 1. The van der Waals surface area contributed by atoms with Crippen molar-refractivity contribution >= 4 is 15.9 Å². The molecule has 2 N–H and O–H groups in total. The van der Waals surface area contributed by atoms with Gasteiger partial charge in [-0.25, -0.2) is 0 Å². The summed E-state index contributed by atoms with van der Waals surface area (Å²) in [7, 11) is 1.69. The number of benzene rings is 1. The number of hydrogen-bond donors (Lipinski definition) is 1. The van der Waals surface area contributed by atoms with Gasteiger partial charge < -0.3 is 10.5 Å². The Balaban J connectivity index is 1.94. The van der Waals surface area contributed by atoms with Gasteiger partial charge in [0.15, 0.2) is 0 Å². The molecule has 1 aromatic rings. The smallest absolute Gasteiger partial charge is 0.133 e. The van der Waals surface area contributed by atoms with E-state index in [1.807, 2.05) is 6.07 Å². The minimum Gasteiger partial charge on any atom is -0.496 e. The van der Waals surface area contributed by atoms with Gasteiger partial charge in [0, 0.05) is 6.04 Å². The van der Waals surface area contributed by atoms with Gasteiger partial charge in [-0.3, -0.25) is 0 Å². The number of hydrogen-bond acceptors (Lipinski definition) is 2. The molecule has 1 unspecified atom stereocenters. The molecule has 0 aromatic heterocycles. The van der Waals surface area contributed by atoms with Crippen LogP contribution in [0.4, 0.5) is 0 Å². The van der Waals surface area contributed by atoms with Crippen LogP contribution in [0.2, 0.25) is 0 Å². The molecule has 0 aliphatic heterocycles. The minimum absolute atomic E-state index is 0.270. The van der Waals surface area contributed by atoms with E-state index in [-0.39, 0.29) is 6.04 Å². The topological polar surface area (TPSA) is 35.2 Å². The monoisotopic (exact) mass is 339 g/mol. The van der Waals surface area contributed by atoms with Crippen LogP contribution in [-0.4, -0.2) is 13.2 Å². The molecule has 0 bridgehead atoms. The average Bonchev–Trinajstić information content (AvgIpc) is 2.38. The van der Waals surface area contributed by atoms with E-state index in [2.05, 4.69) is 41.9 Å². The summed E-state index contributed by atoms with van der Waals surface area (Å²) in [6.07, 6.45) is 6.10. The van der Waals surface area contributed by atoms with Crippen LogP contribution in [0.1, 0.15) is 45.1 Å². The lowest BCUT2D eigenvalue weighted by Crippen LogP contribution is -2.36. The summed E-state index contributed by atoms with van der Waals surface area (Å²) in [5.74, 6) is 1.55. The fourth-order valence-electron chi connectivity index (χ4n) is 3.13. The van der Waals surface area contributed by atoms with Crippen LogP contribution >= 0.6 is 15.9 Å². The maximum atomic E-state index is 6.44. The van der Waals surface area contributed by atoms with Crippen LogP contribution in [0, 0.1) is 11.3 Å². The Morgan fingerprint density at radius 2 is 2.00 bits per heavy atom. The Kier molecular flexibility index (Phi) is 5.14. The van der Waals surface area contributed by atoms with Gasteiger partial charge in [-0.05, 0) is 77.1 Å². The summed E-state index contributed by atoms with van der Waals surface area (Å²) in [5, 5.41) is 0. The van der Waals surface area contributed by atoms with E-state index in [1.165, 1.54) is 31.2 Å². The highest BCUT2D eigenvalue weighted by Crippen LogP contribution is 2.39. The van der Waals surface area contributed by atoms with Crippen LogP contribution in [-0.2, 0) is 6.42 Å². The third-order valence-electron chi connectivity index (χ3n) is 4.68. The molecule has 0 saturated heterocycles. The highest BCUT2D eigenvalue weighted by atomic mass is 79.9. The molecule has 1 aliphatic carbocycles. The Hall–Kier alpha value is -0.540. The first kappa shape index (κ1) is 15.8. The van der Waals surface area contributed by atoms with Crippen molar-refractivity contribution in [2.24, 2.45) is 17.1 Å². The van der Waals surface area contributed by atoms with E-state index < -0.39 is 0 Å². The molecular weight excluding hydrogens is 314 g/mol. The fourth-order valence-corrected chi connectivity index (χ4v) is 3.71. The summed E-state index contributed by atoms with van der Waals surface area (Å²) in [5.41, 5.74) is 8.24. The van der Waals surface area contributed by atoms with Crippen molar-refractivity contribution in [3.63, 3.8) is 0 Å². The van der Waals surface area contributed by atoms with Crippen molar-refractivity contribution in [2.45, 2.75) is 52.0 Å². The van der Waals surface area contributed by atoms with Crippen molar-refractivity contribution in [1.29, 1.82) is 0 Å². The van der Waals surface area contributed by atoms with Gasteiger partial charge in [0.25, 0.3) is 0 Å². The van der Waals surface area contributed by atoms with E-state index in [4.69, 9.17) is 10.5 Å². The molecule has 20 heavy (non-hydrogen) atoms. The molecule has 1 aliphatic rings. The van der Waals surface area contributed by atoms with E-state index >= 15 is 0 Å². The highest BCUT2D eigenvalue weighted by molar-refractivity contribution is 9.10. The molecule has 0 radical (unpaired) electrons. The van der Waals surface area contributed by atoms with Gasteiger partial charge in [-0.1, -0.05) is 19.9 Å². The largest absolute Gasteiger partial charge is 0.496 e. The molecule has 2 nitrogen and oxygen atoms in total. The lowest BCUT2D eigenvalue weighted by molar-refractivity contribution is 0.173. The van der Waals surface area contributed by atoms with Crippen molar-refractivity contribution in [3.05, 3.63) is 28.2 Å². The molecule has 2 rings (SSSR count). The molecule has 0 heterocycles. The minimum atomic E-state index is 0.270. The Bertz CT molecular complexity index is 448. The molecular formula is C17H26BrNO. The van der Waals surface area contributed by atoms with Crippen molar-refractivity contribution in [3.8, 4) is 5.75 Å². The van der Waals surface area contributed by atoms with Crippen molar-refractivity contribution in [2.75, 3.05) is 7.11 Å². The highest BCUT2D eigenvalue weighted by Gasteiger charge is 2.29. The predicted molar refractivity (Wildman–Crippen MR) is 88.1 cm³/mol. The third-order valence-corrected chi connectivity index (χ3v) is 5.30. The number of halogens is 1. The second kappa shape index (κ2) is 6.48. The number of nitrogens with two attached hydrogens (primary N) is 1. The van der Waals surface area contributed by atoms with Gasteiger partial charge >= 0.3 is 0 Å². The van der Waals surface area contributed by atoms with Crippen molar-refractivity contribution in [1.82, 2.24) is 0 Å². The van der Waals surface area contributed by atoms with E-state index in [0.29, 0.717) is 11.3 Å². The average molecular weight is 340 g/mol. The Morgan fingerprint density at radius 3 is 2.55 bits per heavy atom. The van der Waals surface area contributed by atoms with Gasteiger partial charge in [-0.15, -0.1) is 0 Å². The summed E-state index contributed by atoms with van der Waals surface area (Å²) in [6, 6.07) is 6.53. The first-order chi connectivity index (χ1) is 9.41. The lowest BCUT2D eigenvalue weighted by atomic mass is 9.70. The SMILES string of the molecule is COc1ccc(CC(N)C2CCC(C)(C)CC2)cc1Br. The van der Waals surface area contributed by atoms with Crippen LogP contribution in [0.25, 0.3) is 0 Å². The van der Waals surface area contributed by atoms with Crippen molar-refractivity contribution < 1.29 is 4.74 Å². The maximum absolute atomic E-state index is 6.44. The summed E-state index contributed by atoms with van der Waals surface area (Å²) in [6.45, 7) is 4.74. The lowest BCUT2D eigenvalue weighted by Gasteiger charge is -2.37. The zero-order valence-corrected chi connectivity index (χ0v) is 14.4. The molecule has 0 spiro atoms. The molecule has 3 heteroatoms. The quantitative estimate of drug-likeness (QED) is 0.873. The van der Waals surface area contributed by atoms with Gasteiger partial charge in [0.05, 0.1) is 11.6 Å². The van der Waals surface area contributed by atoms with Crippen LogP contribution < -0.4 is 10.5 Å². The van der Waals surface area contributed by atoms with Crippen LogP contribution in [0.3, 0.4) is 0 Å². The number of ether oxygens (including phenoxy) is 1. The zero-order chi connectivity index (χ0) is 14.8. The second-order valence-corrected chi connectivity index (χ2v) is 7.69. The predicted octanol–water partition coefficient (Wildman–Crippen LogP) is 4.54. The second-order valence-electron chi connectivity index (χ2n) is 6.84. The molecule has 1 atom stereocenters. The maximum Gasteiger partial charge on any atom is 0.133 e. The van der Waals surface area contributed by atoms with E-state index in [9.17, 15) is 0 Å². The molecule has 1 fully saturated rings. The summed E-state index contributed by atoms with van der Waals surface area (Å²) < 4.78 is 6.27. The van der Waals surface area contributed by atoms with Crippen LogP contribution in [0.15, 0.2) is 22.7 Å². The zero-order valence-electron chi connectivity index (χ0n) is 12.8. The summed E-state index contributed by atoms with van der Waals surface area (Å²) in [4.78, 5) is 0. The standard InChI is InChI=1S/C17H26BrNO/c1-17(2)8-6-13(7-9-17)15(19)11-12-4-5-16(20-3)14(18)10-12/h4-5,10,13,15H,6-9,11,19H2,1-3H3. The summed E-state index contributed by atoms with van der Waals surface area (Å²) >= 11 is 3.54. The molecule has 112 valence electrons. The first-order valence-corrected chi connectivity index (χ1v) is 8.28. The van der Waals surface area contributed by atoms with E-state index in [1.54, 1.807) is 7.11 Å². The Labute approximate surface area is 131 Å². The first-order valence-electron chi connectivity index (χ1n) is 7.49.